The summed E-state index contributed by atoms with van der Waals surface area (Å²) in [7, 11) is 0. The Bertz CT molecular complexity index is 630. The molecule has 116 valence electrons. The molecule has 0 radical (unpaired) electrons. The van der Waals surface area contributed by atoms with E-state index in [-0.39, 0.29) is 5.76 Å². The van der Waals surface area contributed by atoms with Gasteiger partial charge in [-0.15, -0.1) is 0 Å². The van der Waals surface area contributed by atoms with Crippen LogP contribution in [0.25, 0.3) is 0 Å². The predicted octanol–water partition coefficient (Wildman–Crippen LogP) is 2.49. The number of amides is 1. The Kier molecular flexibility index (Phi) is 4.60. The van der Waals surface area contributed by atoms with Gasteiger partial charge >= 0.3 is 5.97 Å². The third-order valence-corrected chi connectivity index (χ3v) is 2.67. The maximum atomic E-state index is 12.4. The van der Waals surface area contributed by atoms with Crippen LogP contribution in [0.5, 0.6) is 0 Å². The molecule has 22 heavy (non-hydrogen) atoms. The maximum Gasteiger partial charge on any atom is 0.375 e. The number of pyridine rings is 1. The number of esters is 1. The Morgan fingerprint density at radius 3 is 2.59 bits per heavy atom. The maximum absolute atomic E-state index is 12.4. The predicted molar refractivity (Wildman–Crippen MR) is 79.0 cm³/mol. The van der Waals surface area contributed by atoms with Crippen molar-refractivity contribution in [1.82, 2.24) is 10.3 Å². The van der Waals surface area contributed by atoms with E-state index in [4.69, 9.17) is 9.15 Å². The van der Waals surface area contributed by atoms with E-state index in [2.05, 4.69) is 10.3 Å². The number of rotatable bonds is 4. The zero-order valence-electron chi connectivity index (χ0n) is 12.7. The summed E-state index contributed by atoms with van der Waals surface area (Å²) in [6.45, 7) is 5.54. The van der Waals surface area contributed by atoms with Gasteiger partial charge in [0.2, 0.25) is 11.9 Å². The number of hydrogen-bond acceptors (Lipinski definition) is 5. The number of carbonyl (C=O) groups is 2. The standard InChI is InChI=1S/C16H18N2O4/c1-16(2,3)18-14(19)13(11-6-4-8-17-10-11)22-15(20)12-7-5-9-21-12/h4-10,13H,1-3H3,(H,18,19). The minimum Gasteiger partial charge on any atom is -0.457 e. The molecule has 0 aliphatic carbocycles. The molecule has 0 saturated heterocycles. The molecule has 2 heterocycles. The molecule has 1 unspecified atom stereocenters. The molecule has 0 aliphatic rings. The smallest absolute Gasteiger partial charge is 0.375 e. The van der Waals surface area contributed by atoms with Crippen LogP contribution in [0.2, 0.25) is 0 Å². The minimum atomic E-state index is -1.09. The molecular weight excluding hydrogens is 284 g/mol. The van der Waals surface area contributed by atoms with Gasteiger partial charge < -0.3 is 14.5 Å². The monoisotopic (exact) mass is 302 g/mol. The van der Waals surface area contributed by atoms with Gasteiger partial charge in [0.1, 0.15) is 0 Å². The highest BCUT2D eigenvalue weighted by molar-refractivity contribution is 5.90. The van der Waals surface area contributed by atoms with Crippen molar-refractivity contribution in [3.8, 4) is 0 Å². The Morgan fingerprint density at radius 2 is 2.05 bits per heavy atom. The topological polar surface area (TPSA) is 81.4 Å². The molecule has 6 heteroatoms. The van der Waals surface area contributed by atoms with Gasteiger partial charge in [0.15, 0.2) is 0 Å². The van der Waals surface area contributed by atoms with Crippen molar-refractivity contribution in [2.24, 2.45) is 0 Å². The number of nitrogens with zero attached hydrogens (tertiary/aromatic N) is 1. The molecular formula is C16H18N2O4. The molecule has 0 bridgehead atoms. The molecule has 0 saturated carbocycles. The number of furan rings is 1. The molecule has 0 spiro atoms. The third kappa shape index (κ3) is 4.18. The van der Waals surface area contributed by atoms with E-state index in [0.717, 1.165) is 0 Å². The fraction of sp³-hybridized carbons (Fsp3) is 0.312. The average molecular weight is 302 g/mol. The minimum absolute atomic E-state index is 0.0393. The van der Waals surface area contributed by atoms with E-state index < -0.39 is 23.5 Å². The highest BCUT2D eigenvalue weighted by Crippen LogP contribution is 2.20. The summed E-state index contributed by atoms with van der Waals surface area (Å²) in [4.78, 5) is 28.4. The fourth-order valence-electron chi connectivity index (χ4n) is 1.80. The highest BCUT2D eigenvalue weighted by atomic mass is 16.6. The van der Waals surface area contributed by atoms with Gasteiger partial charge in [-0.3, -0.25) is 9.78 Å². The van der Waals surface area contributed by atoms with Crippen molar-refractivity contribution in [3.05, 3.63) is 54.2 Å². The van der Waals surface area contributed by atoms with E-state index in [0.29, 0.717) is 5.56 Å². The van der Waals surface area contributed by atoms with Gasteiger partial charge in [-0.1, -0.05) is 6.07 Å². The Labute approximate surface area is 128 Å². The van der Waals surface area contributed by atoms with Crippen LogP contribution in [-0.4, -0.2) is 22.4 Å². The summed E-state index contributed by atoms with van der Waals surface area (Å²) in [6.07, 6.45) is 3.34. The first-order valence-electron chi connectivity index (χ1n) is 6.83. The first kappa shape index (κ1) is 15.8. The van der Waals surface area contributed by atoms with Crippen LogP contribution in [0, 0.1) is 0 Å². The lowest BCUT2D eigenvalue weighted by molar-refractivity contribution is -0.131. The number of aromatic nitrogens is 1. The second kappa shape index (κ2) is 6.43. The van der Waals surface area contributed by atoms with Gasteiger partial charge in [0.05, 0.1) is 6.26 Å². The van der Waals surface area contributed by atoms with Gasteiger partial charge in [-0.25, -0.2) is 4.79 Å². The number of ether oxygens (including phenoxy) is 1. The average Bonchev–Trinajstić information content (AvgIpc) is 2.97. The van der Waals surface area contributed by atoms with Crippen molar-refractivity contribution in [3.63, 3.8) is 0 Å². The van der Waals surface area contributed by atoms with E-state index in [1.165, 1.54) is 18.5 Å². The quantitative estimate of drug-likeness (QED) is 0.877. The molecule has 2 aromatic rings. The van der Waals surface area contributed by atoms with E-state index >= 15 is 0 Å². The van der Waals surface area contributed by atoms with Crippen LogP contribution in [0.1, 0.15) is 43.0 Å². The van der Waals surface area contributed by atoms with Gasteiger partial charge in [-0.2, -0.15) is 0 Å². The van der Waals surface area contributed by atoms with Gasteiger partial charge in [0, 0.05) is 23.5 Å². The third-order valence-electron chi connectivity index (χ3n) is 2.67. The second-order valence-corrected chi connectivity index (χ2v) is 5.79. The first-order chi connectivity index (χ1) is 10.4. The summed E-state index contributed by atoms with van der Waals surface area (Å²) < 4.78 is 10.3. The van der Waals surface area contributed by atoms with Crippen LogP contribution in [0.3, 0.4) is 0 Å². The molecule has 2 aromatic heterocycles. The van der Waals surface area contributed by atoms with Crippen molar-refractivity contribution < 1.29 is 18.7 Å². The second-order valence-electron chi connectivity index (χ2n) is 5.79. The zero-order chi connectivity index (χ0) is 16.2. The summed E-state index contributed by atoms with van der Waals surface area (Å²) in [5.41, 5.74) is 0.0402. The lowest BCUT2D eigenvalue weighted by atomic mass is 10.1. The number of hydrogen-bond donors (Lipinski definition) is 1. The zero-order valence-corrected chi connectivity index (χ0v) is 12.7. The molecule has 1 N–H and O–H groups in total. The summed E-state index contributed by atoms with van der Waals surface area (Å²) >= 11 is 0. The van der Waals surface area contributed by atoms with Crippen LogP contribution >= 0.6 is 0 Å². The van der Waals surface area contributed by atoms with Crippen LogP contribution in [0.4, 0.5) is 0 Å². The molecule has 1 atom stereocenters. The lowest BCUT2D eigenvalue weighted by Gasteiger charge is -2.24. The summed E-state index contributed by atoms with van der Waals surface area (Å²) in [6, 6.07) is 6.40. The highest BCUT2D eigenvalue weighted by Gasteiger charge is 2.29. The molecule has 0 aliphatic heterocycles. The van der Waals surface area contributed by atoms with E-state index in [9.17, 15) is 9.59 Å². The van der Waals surface area contributed by atoms with Gasteiger partial charge in [-0.05, 0) is 39.0 Å². The first-order valence-corrected chi connectivity index (χ1v) is 6.83. The Morgan fingerprint density at radius 1 is 1.27 bits per heavy atom. The van der Waals surface area contributed by atoms with E-state index in [1.54, 1.807) is 24.4 Å². The van der Waals surface area contributed by atoms with Crippen molar-refractivity contribution >= 4 is 11.9 Å². The molecule has 6 nitrogen and oxygen atoms in total. The largest absolute Gasteiger partial charge is 0.457 e. The van der Waals surface area contributed by atoms with Crippen LogP contribution in [-0.2, 0) is 9.53 Å². The SMILES string of the molecule is CC(C)(C)NC(=O)C(OC(=O)c1ccco1)c1cccnc1. The Balaban J connectivity index is 2.22. The Hall–Kier alpha value is -2.63. The van der Waals surface area contributed by atoms with E-state index in [1.807, 2.05) is 20.8 Å². The van der Waals surface area contributed by atoms with Gasteiger partial charge in [0.25, 0.3) is 5.91 Å². The normalized spacial score (nSPS) is 12.5. The fourth-order valence-corrected chi connectivity index (χ4v) is 1.80. The molecule has 0 fully saturated rings. The lowest BCUT2D eigenvalue weighted by Crippen LogP contribution is -2.44. The summed E-state index contributed by atoms with van der Waals surface area (Å²) in [5, 5.41) is 2.79. The van der Waals surface area contributed by atoms with Crippen molar-refractivity contribution in [1.29, 1.82) is 0 Å². The summed E-state index contributed by atoms with van der Waals surface area (Å²) in [5.74, 6) is -1.08. The number of nitrogens with one attached hydrogen (secondary N) is 1. The molecule has 0 aromatic carbocycles. The van der Waals surface area contributed by atoms with Crippen LogP contribution < -0.4 is 5.32 Å². The van der Waals surface area contributed by atoms with Crippen LogP contribution in [0.15, 0.2) is 47.3 Å². The molecule has 1 amide bonds. The van der Waals surface area contributed by atoms with Crippen molar-refractivity contribution in [2.75, 3.05) is 0 Å². The number of carbonyl (C=O) groups excluding carboxylic acids is 2. The van der Waals surface area contributed by atoms with Crippen molar-refractivity contribution in [2.45, 2.75) is 32.4 Å². The molecule has 2 rings (SSSR count).